The SMILES string of the molecule is C=CCN1C=C[C@H](c2ccccc2)[C@@]2(CC(C)CC2=O)C1=O. The van der Waals surface area contributed by atoms with Gasteiger partial charge >= 0.3 is 0 Å². The largest absolute Gasteiger partial charge is 0.315 e. The third kappa shape index (κ3) is 2.12. The minimum absolute atomic E-state index is 0.0712. The minimum Gasteiger partial charge on any atom is -0.315 e. The Hall–Kier alpha value is -2.16. The molecule has 1 aromatic carbocycles. The summed E-state index contributed by atoms with van der Waals surface area (Å²) in [7, 11) is 0. The van der Waals surface area contributed by atoms with E-state index in [9.17, 15) is 9.59 Å². The molecule has 0 radical (unpaired) electrons. The fourth-order valence-corrected chi connectivity index (χ4v) is 3.89. The van der Waals surface area contributed by atoms with Crippen LogP contribution in [0, 0.1) is 11.3 Å². The summed E-state index contributed by atoms with van der Waals surface area (Å²) in [4.78, 5) is 27.5. The average Bonchev–Trinajstić information content (AvgIpc) is 2.81. The van der Waals surface area contributed by atoms with Gasteiger partial charge in [-0.15, -0.1) is 6.58 Å². The Balaban J connectivity index is 2.11. The highest BCUT2D eigenvalue weighted by atomic mass is 16.2. The predicted molar refractivity (Wildman–Crippen MR) is 86.1 cm³/mol. The zero-order valence-electron chi connectivity index (χ0n) is 12.9. The number of rotatable bonds is 3. The number of carbonyl (C=O) groups excluding carboxylic acids is 2. The molecule has 1 amide bonds. The lowest BCUT2D eigenvalue weighted by Crippen LogP contribution is -2.50. The number of nitrogens with zero attached hydrogens (tertiary/aromatic N) is 1. The first-order valence-electron chi connectivity index (χ1n) is 7.78. The Kier molecular flexibility index (Phi) is 3.73. The van der Waals surface area contributed by atoms with Gasteiger partial charge in [0.15, 0.2) is 0 Å². The normalized spacial score (nSPS) is 31.0. The molecule has 1 fully saturated rings. The van der Waals surface area contributed by atoms with Crippen LogP contribution < -0.4 is 0 Å². The van der Waals surface area contributed by atoms with E-state index in [0.717, 1.165) is 5.56 Å². The maximum absolute atomic E-state index is 13.1. The van der Waals surface area contributed by atoms with Crippen LogP contribution in [0.15, 0.2) is 55.3 Å². The smallest absolute Gasteiger partial charge is 0.241 e. The molecule has 114 valence electrons. The fourth-order valence-electron chi connectivity index (χ4n) is 3.89. The number of hydrogen-bond acceptors (Lipinski definition) is 2. The molecule has 3 heteroatoms. The molecule has 1 aliphatic heterocycles. The molecule has 3 nitrogen and oxygen atoms in total. The van der Waals surface area contributed by atoms with E-state index in [1.54, 1.807) is 11.0 Å². The van der Waals surface area contributed by atoms with Crippen LogP contribution in [0.25, 0.3) is 0 Å². The molecule has 1 saturated carbocycles. The highest BCUT2D eigenvalue weighted by Gasteiger charge is 2.58. The maximum atomic E-state index is 13.1. The summed E-state index contributed by atoms with van der Waals surface area (Å²) in [5.74, 6) is 0.0924. The van der Waals surface area contributed by atoms with Crippen molar-refractivity contribution in [2.24, 2.45) is 11.3 Å². The summed E-state index contributed by atoms with van der Waals surface area (Å²) in [6.45, 7) is 6.20. The van der Waals surface area contributed by atoms with Crippen molar-refractivity contribution in [3.63, 3.8) is 0 Å². The van der Waals surface area contributed by atoms with Gasteiger partial charge in [0.2, 0.25) is 5.91 Å². The Morgan fingerprint density at radius 1 is 1.32 bits per heavy atom. The molecular formula is C19H21NO2. The Morgan fingerprint density at radius 3 is 2.64 bits per heavy atom. The molecule has 0 bridgehead atoms. The van der Waals surface area contributed by atoms with Crippen LogP contribution in [-0.4, -0.2) is 23.1 Å². The third-order valence-corrected chi connectivity index (χ3v) is 4.82. The van der Waals surface area contributed by atoms with Gasteiger partial charge in [-0.05, 0) is 17.9 Å². The second kappa shape index (κ2) is 5.56. The molecule has 1 aromatic rings. The van der Waals surface area contributed by atoms with Crippen LogP contribution in [0.4, 0.5) is 0 Å². The van der Waals surface area contributed by atoms with Crippen molar-refractivity contribution in [3.8, 4) is 0 Å². The van der Waals surface area contributed by atoms with E-state index in [-0.39, 0.29) is 23.5 Å². The summed E-state index contributed by atoms with van der Waals surface area (Å²) in [6.07, 6.45) is 6.63. The number of allylic oxidation sites excluding steroid dienone is 1. The summed E-state index contributed by atoms with van der Waals surface area (Å²) < 4.78 is 0. The molecular weight excluding hydrogens is 274 g/mol. The topological polar surface area (TPSA) is 37.4 Å². The molecule has 0 saturated heterocycles. The zero-order valence-corrected chi connectivity index (χ0v) is 12.9. The zero-order chi connectivity index (χ0) is 15.7. The molecule has 1 heterocycles. The van der Waals surface area contributed by atoms with Crippen molar-refractivity contribution in [2.75, 3.05) is 6.54 Å². The van der Waals surface area contributed by atoms with Crippen LogP contribution in [0.1, 0.15) is 31.2 Å². The van der Waals surface area contributed by atoms with Gasteiger partial charge in [-0.2, -0.15) is 0 Å². The van der Waals surface area contributed by atoms with Gasteiger partial charge in [0.25, 0.3) is 0 Å². The Labute approximate surface area is 131 Å². The first kappa shape index (κ1) is 14.8. The third-order valence-electron chi connectivity index (χ3n) is 4.82. The van der Waals surface area contributed by atoms with Gasteiger partial charge in [0.1, 0.15) is 11.2 Å². The molecule has 3 rings (SSSR count). The number of benzene rings is 1. The van der Waals surface area contributed by atoms with Crippen LogP contribution in [0.3, 0.4) is 0 Å². The van der Waals surface area contributed by atoms with Crippen molar-refractivity contribution < 1.29 is 9.59 Å². The van der Waals surface area contributed by atoms with Gasteiger partial charge in [-0.1, -0.05) is 49.4 Å². The number of amides is 1. The molecule has 0 N–H and O–H groups in total. The lowest BCUT2D eigenvalue weighted by atomic mass is 9.67. The molecule has 2 aliphatic rings. The Bertz CT molecular complexity index is 634. The van der Waals surface area contributed by atoms with Crippen molar-refractivity contribution >= 4 is 11.7 Å². The van der Waals surface area contributed by atoms with Crippen molar-refractivity contribution in [2.45, 2.75) is 25.7 Å². The summed E-state index contributed by atoms with van der Waals surface area (Å²) in [6, 6.07) is 9.88. The average molecular weight is 295 g/mol. The van der Waals surface area contributed by atoms with Crippen molar-refractivity contribution in [3.05, 3.63) is 60.8 Å². The maximum Gasteiger partial charge on any atom is 0.241 e. The van der Waals surface area contributed by atoms with Gasteiger partial charge < -0.3 is 4.90 Å². The predicted octanol–water partition coefficient (Wildman–Crippen LogP) is 3.30. The van der Waals surface area contributed by atoms with E-state index in [4.69, 9.17) is 0 Å². The number of Topliss-reactive ketones (excluding diaryl/α,β-unsaturated/α-hetero) is 1. The quantitative estimate of drug-likeness (QED) is 0.634. The first-order chi connectivity index (χ1) is 10.6. The molecule has 1 spiro atoms. The molecule has 1 unspecified atom stereocenters. The fraction of sp³-hybridized carbons (Fsp3) is 0.368. The molecule has 1 aliphatic carbocycles. The summed E-state index contributed by atoms with van der Waals surface area (Å²) >= 11 is 0. The van der Waals surface area contributed by atoms with Gasteiger partial charge in [-0.3, -0.25) is 9.59 Å². The van der Waals surface area contributed by atoms with E-state index in [1.165, 1.54) is 0 Å². The highest BCUT2D eigenvalue weighted by molar-refractivity contribution is 6.09. The van der Waals surface area contributed by atoms with E-state index in [2.05, 4.69) is 13.5 Å². The summed E-state index contributed by atoms with van der Waals surface area (Å²) in [5, 5.41) is 0. The number of ketones is 1. The van der Waals surface area contributed by atoms with Gasteiger partial charge in [0, 0.05) is 25.1 Å². The monoisotopic (exact) mass is 295 g/mol. The molecule has 3 atom stereocenters. The van der Waals surface area contributed by atoms with Crippen LogP contribution in [0.5, 0.6) is 0 Å². The van der Waals surface area contributed by atoms with E-state index in [1.807, 2.05) is 42.6 Å². The molecule has 0 aromatic heterocycles. The number of carbonyl (C=O) groups is 2. The summed E-state index contributed by atoms with van der Waals surface area (Å²) in [5.41, 5.74) is 0.103. The minimum atomic E-state index is -0.932. The Morgan fingerprint density at radius 2 is 2.05 bits per heavy atom. The van der Waals surface area contributed by atoms with Crippen LogP contribution in [0.2, 0.25) is 0 Å². The van der Waals surface area contributed by atoms with Crippen molar-refractivity contribution in [1.29, 1.82) is 0 Å². The van der Waals surface area contributed by atoms with Crippen molar-refractivity contribution in [1.82, 2.24) is 4.90 Å². The number of hydrogen-bond donors (Lipinski definition) is 0. The second-order valence-corrected chi connectivity index (χ2v) is 6.38. The van der Waals surface area contributed by atoms with Crippen LogP contribution in [-0.2, 0) is 9.59 Å². The van der Waals surface area contributed by atoms with Crippen LogP contribution >= 0.6 is 0 Å². The molecule has 22 heavy (non-hydrogen) atoms. The van der Waals surface area contributed by atoms with E-state index < -0.39 is 5.41 Å². The lowest BCUT2D eigenvalue weighted by molar-refractivity contribution is -0.147. The second-order valence-electron chi connectivity index (χ2n) is 6.38. The van der Waals surface area contributed by atoms with E-state index in [0.29, 0.717) is 19.4 Å². The van der Waals surface area contributed by atoms with E-state index >= 15 is 0 Å². The standard InChI is InChI=1S/C19H21NO2/c1-3-10-20-11-9-16(15-7-5-4-6-8-15)19(18(20)22)13-14(2)12-17(19)21/h3-9,11,14,16H,1,10,12-13H2,2H3/t14?,16-,19-/m1/s1. The highest BCUT2D eigenvalue weighted by Crippen LogP contribution is 2.52. The van der Waals surface area contributed by atoms with Gasteiger partial charge in [0.05, 0.1) is 0 Å². The lowest BCUT2D eigenvalue weighted by Gasteiger charge is -2.40. The first-order valence-corrected chi connectivity index (χ1v) is 7.78. The van der Waals surface area contributed by atoms with Gasteiger partial charge in [-0.25, -0.2) is 0 Å².